The zero-order valence-electron chi connectivity index (χ0n) is 15.7. The van der Waals surface area contributed by atoms with E-state index in [0.717, 1.165) is 23.1 Å². The molecule has 0 radical (unpaired) electrons. The number of amides is 1. The Bertz CT molecular complexity index is 733. The van der Waals surface area contributed by atoms with Gasteiger partial charge in [0.2, 0.25) is 11.0 Å². The second-order valence-corrected chi connectivity index (χ2v) is 7.97. The van der Waals surface area contributed by atoms with Crippen molar-refractivity contribution in [3.8, 4) is 0 Å². The maximum atomic E-state index is 12.5. The Morgan fingerprint density at radius 2 is 2.12 bits per heavy atom. The largest absolute Gasteiger partial charge is 0.372 e. The first-order valence-corrected chi connectivity index (χ1v) is 9.71. The van der Waals surface area contributed by atoms with E-state index in [1.54, 1.807) is 10.9 Å². The molecule has 2 aromatic heterocycles. The molecule has 0 saturated carbocycles. The highest BCUT2D eigenvalue weighted by molar-refractivity contribution is 7.09. The van der Waals surface area contributed by atoms with Crippen LogP contribution in [0.1, 0.15) is 33.5 Å². The third kappa shape index (κ3) is 5.01. The van der Waals surface area contributed by atoms with E-state index in [1.165, 1.54) is 11.5 Å². The SMILES string of the molecule is CC(C)Cc1nsc(Nc2cnn(CC(=O)N3CC(C)OC(C)C3)c2)n1. The average molecular weight is 379 g/mol. The first kappa shape index (κ1) is 18.8. The fourth-order valence-corrected chi connectivity index (χ4v) is 3.63. The zero-order valence-corrected chi connectivity index (χ0v) is 16.5. The van der Waals surface area contributed by atoms with Gasteiger partial charge in [-0.2, -0.15) is 9.47 Å². The summed E-state index contributed by atoms with van der Waals surface area (Å²) in [5.41, 5.74) is 0.800. The Morgan fingerprint density at radius 3 is 2.81 bits per heavy atom. The van der Waals surface area contributed by atoms with Crippen LogP contribution in [0.25, 0.3) is 0 Å². The van der Waals surface area contributed by atoms with Crippen molar-refractivity contribution in [2.75, 3.05) is 18.4 Å². The molecule has 2 atom stereocenters. The van der Waals surface area contributed by atoms with E-state index in [0.29, 0.717) is 19.0 Å². The van der Waals surface area contributed by atoms with E-state index in [4.69, 9.17) is 4.74 Å². The molecule has 1 aliphatic rings. The van der Waals surface area contributed by atoms with Crippen LogP contribution in [0.5, 0.6) is 0 Å². The summed E-state index contributed by atoms with van der Waals surface area (Å²) in [6.07, 6.45) is 4.50. The van der Waals surface area contributed by atoms with E-state index in [2.05, 4.69) is 33.6 Å². The quantitative estimate of drug-likeness (QED) is 0.830. The number of nitrogens with one attached hydrogen (secondary N) is 1. The van der Waals surface area contributed by atoms with Gasteiger partial charge < -0.3 is 15.0 Å². The number of anilines is 2. The van der Waals surface area contributed by atoms with Gasteiger partial charge in [0.1, 0.15) is 12.4 Å². The number of carbonyl (C=O) groups excluding carboxylic acids is 1. The molecule has 3 rings (SSSR count). The van der Waals surface area contributed by atoms with Crippen molar-refractivity contribution >= 4 is 28.3 Å². The predicted molar refractivity (Wildman–Crippen MR) is 101 cm³/mol. The van der Waals surface area contributed by atoms with Crippen LogP contribution >= 0.6 is 11.5 Å². The summed E-state index contributed by atoms with van der Waals surface area (Å²) in [6, 6.07) is 0. The molecule has 8 nitrogen and oxygen atoms in total. The Labute approximate surface area is 157 Å². The van der Waals surface area contributed by atoms with Gasteiger partial charge in [-0.1, -0.05) is 13.8 Å². The monoisotopic (exact) mass is 378 g/mol. The Balaban J connectivity index is 1.56. The molecule has 142 valence electrons. The van der Waals surface area contributed by atoms with Crippen LogP contribution in [0.4, 0.5) is 10.8 Å². The maximum absolute atomic E-state index is 12.5. The van der Waals surface area contributed by atoms with Gasteiger partial charge in [-0.3, -0.25) is 9.48 Å². The minimum Gasteiger partial charge on any atom is -0.372 e. The van der Waals surface area contributed by atoms with Crippen molar-refractivity contribution in [1.82, 2.24) is 24.0 Å². The molecule has 1 saturated heterocycles. The first-order chi connectivity index (χ1) is 12.4. The third-order valence-electron chi connectivity index (χ3n) is 4.01. The summed E-state index contributed by atoms with van der Waals surface area (Å²) in [5, 5.41) is 8.21. The van der Waals surface area contributed by atoms with Crippen molar-refractivity contribution in [1.29, 1.82) is 0 Å². The van der Waals surface area contributed by atoms with Crippen LogP contribution in [0.15, 0.2) is 12.4 Å². The second-order valence-electron chi connectivity index (χ2n) is 7.22. The lowest BCUT2D eigenvalue weighted by Gasteiger charge is -2.35. The third-order valence-corrected chi connectivity index (χ3v) is 4.68. The van der Waals surface area contributed by atoms with E-state index in [9.17, 15) is 4.79 Å². The number of rotatable bonds is 6. The zero-order chi connectivity index (χ0) is 18.7. The summed E-state index contributed by atoms with van der Waals surface area (Å²) in [4.78, 5) is 18.8. The summed E-state index contributed by atoms with van der Waals surface area (Å²) in [6.45, 7) is 9.73. The van der Waals surface area contributed by atoms with Crippen LogP contribution in [0.2, 0.25) is 0 Å². The molecule has 1 aliphatic heterocycles. The van der Waals surface area contributed by atoms with E-state index < -0.39 is 0 Å². The molecule has 2 unspecified atom stereocenters. The number of hydrogen-bond donors (Lipinski definition) is 1. The second kappa shape index (κ2) is 8.13. The van der Waals surface area contributed by atoms with Gasteiger partial charge in [-0.25, -0.2) is 4.98 Å². The predicted octanol–water partition coefficient (Wildman–Crippen LogP) is 2.31. The number of nitrogens with zero attached hydrogens (tertiary/aromatic N) is 5. The van der Waals surface area contributed by atoms with Crippen molar-refractivity contribution in [3.63, 3.8) is 0 Å². The lowest BCUT2D eigenvalue weighted by atomic mass is 10.1. The van der Waals surface area contributed by atoms with E-state index in [1.807, 2.05) is 24.9 Å². The highest BCUT2D eigenvalue weighted by Gasteiger charge is 2.26. The minimum absolute atomic E-state index is 0.0526. The van der Waals surface area contributed by atoms with Gasteiger partial charge in [0.15, 0.2) is 0 Å². The van der Waals surface area contributed by atoms with Crippen LogP contribution in [-0.4, -0.2) is 55.2 Å². The number of hydrogen-bond acceptors (Lipinski definition) is 7. The van der Waals surface area contributed by atoms with Gasteiger partial charge in [-0.05, 0) is 19.8 Å². The first-order valence-electron chi connectivity index (χ1n) is 8.94. The van der Waals surface area contributed by atoms with Crippen LogP contribution < -0.4 is 5.32 Å². The van der Waals surface area contributed by atoms with Gasteiger partial charge >= 0.3 is 0 Å². The molecular weight excluding hydrogens is 352 g/mol. The molecule has 0 aromatic carbocycles. The summed E-state index contributed by atoms with van der Waals surface area (Å²) < 4.78 is 11.7. The standard InChI is InChI=1S/C17H26N6O2S/c1-11(2)5-15-20-17(26-21-15)19-14-6-18-23(9-14)10-16(24)22-7-12(3)25-13(4)8-22/h6,9,11-13H,5,7-8,10H2,1-4H3,(H,19,20,21). The summed E-state index contributed by atoms with van der Waals surface area (Å²) in [5.74, 6) is 1.43. The van der Waals surface area contributed by atoms with Gasteiger partial charge in [0, 0.05) is 37.2 Å². The Hall–Kier alpha value is -2.00. The molecule has 1 amide bonds. The normalized spacial score (nSPS) is 20.6. The molecule has 0 bridgehead atoms. The molecule has 3 heterocycles. The molecule has 2 aromatic rings. The van der Waals surface area contributed by atoms with Crippen molar-refractivity contribution in [2.45, 2.75) is 52.9 Å². The van der Waals surface area contributed by atoms with Gasteiger partial charge in [0.05, 0.1) is 24.1 Å². The Kier molecular flexibility index (Phi) is 5.87. The average Bonchev–Trinajstić information content (AvgIpc) is 3.16. The number of aromatic nitrogens is 4. The Morgan fingerprint density at radius 1 is 1.38 bits per heavy atom. The van der Waals surface area contributed by atoms with Crippen LogP contribution in [0.3, 0.4) is 0 Å². The molecule has 0 spiro atoms. The molecular formula is C17H26N6O2S. The molecule has 9 heteroatoms. The molecule has 1 fully saturated rings. The van der Waals surface area contributed by atoms with Crippen molar-refractivity contribution in [2.24, 2.45) is 5.92 Å². The van der Waals surface area contributed by atoms with Gasteiger partial charge in [0.25, 0.3) is 0 Å². The number of morpholine rings is 1. The molecule has 0 aliphatic carbocycles. The van der Waals surface area contributed by atoms with Crippen molar-refractivity contribution < 1.29 is 9.53 Å². The molecule has 1 N–H and O–H groups in total. The van der Waals surface area contributed by atoms with E-state index in [-0.39, 0.29) is 24.7 Å². The van der Waals surface area contributed by atoms with Gasteiger partial charge in [-0.15, -0.1) is 0 Å². The number of carbonyl (C=O) groups is 1. The fourth-order valence-electron chi connectivity index (χ4n) is 3.01. The minimum atomic E-state index is 0.0526. The van der Waals surface area contributed by atoms with E-state index >= 15 is 0 Å². The van der Waals surface area contributed by atoms with Crippen LogP contribution in [-0.2, 0) is 22.5 Å². The topological polar surface area (TPSA) is 85.2 Å². The maximum Gasteiger partial charge on any atom is 0.244 e. The summed E-state index contributed by atoms with van der Waals surface area (Å²) >= 11 is 1.33. The molecule has 26 heavy (non-hydrogen) atoms. The fraction of sp³-hybridized carbons (Fsp3) is 0.647. The summed E-state index contributed by atoms with van der Waals surface area (Å²) in [7, 11) is 0. The highest BCUT2D eigenvalue weighted by atomic mass is 32.1. The lowest BCUT2D eigenvalue weighted by Crippen LogP contribution is -2.49. The number of ether oxygens (including phenoxy) is 1. The van der Waals surface area contributed by atoms with Crippen molar-refractivity contribution in [3.05, 3.63) is 18.2 Å². The van der Waals surface area contributed by atoms with Crippen LogP contribution in [0, 0.1) is 5.92 Å². The smallest absolute Gasteiger partial charge is 0.244 e. The lowest BCUT2D eigenvalue weighted by molar-refractivity contribution is -0.144. The highest BCUT2D eigenvalue weighted by Crippen LogP contribution is 2.19.